The fraction of sp³-hybridized carbons (Fsp3) is 0.474. The molecule has 0 amide bonds. The molecule has 0 saturated carbocycles. The Morgan fingerprint density at radius 1 is 1.23 bits per heavy atom. The van der Waals surface area contributed by atoms with Crippen molar-refractivity contribution in [3.63, 3.8) is 0 Å². The summed E-state index contributed by atoms with van der Waals surface area (Å²) in [4.78, 5) is 4.38. The van der Waals surface area contributed by atoms with Crippen LogP contribution in [0, 0.1) is 0 Å². The zero-order valence-electron chi connectivity index (χ0n) is 16.9. The third-order valence-electron chi connectivity index (χ3n) is 3.87. The van der Waals surface area contributed by atoms with Crippen LogP contribution in [-0.4, -0.2) is 35.7 Å². The Hall–Kier alpha value is -2.02. The molecule has 2 rings (SSSR count). The van der Waals surface area contributed by atoms with Crippen LogP contribution in [0.5, 0.6) is 5.75 Å². The lowest BCUT2D eigenvalue weighted by Gasteiger charge is -2.16. The van der Waals surface area contributed by atoms with Gasteiger partial charge in [0.15, 0.2) is 11.7 Å². The molecule has 3 N–H and O–H groups in total. The van der Waals surface area contributed by atoms with Gasteiger partial charge >= 0.3 is 6.36 Å². The Morgan fingerprint density at radius 2 is 1.90 bits per heavy atom. The van der Waals surface area contributed by atoms with E-state index in [1.165, 1.54) is 12.1 Å². The van der Waals surface area contributed by atoms with Gasteiger partial charge in [0.05, 0.1) is 11.8 Å². The minimum Gasteiger partial charge on any atom is -0.406 e. The van der Waals surface area contributed by atoms with Crippen molar-refractivity contribution in [3.05, 3.63) is 47.3 Å². The van der Waals surface area contributed by atoms with Crippen LogP contribution < -0.4 is 15.4 Å². The van der Waals surface area contributed by atoms with Crippen LogP contribution in [0.2, 0.25) is 0 Å². The molecular weight excluding hydrogens is 516 g/mol. The minimum atomic E-state index is -4.75. The van der Waals surface area contributed by atoms with E-state index in [1.54, 1.807) is 0 Å². The van der Waals surface area contributed by atoms with Gasteiger partial charge in [0, 0.05) is 19.2 Å². The first kappa shape index (κ1) is 26.0. The lowest BCUT2D eigenvalue weighted by molar-refractivity contribution is -0.274. The van der Waals surface area contributed by atoms with Crippen molar-refractivity contribution in [2.45, 2.75) is 45.7 Å². The Kier molecular flexibility index (Phi) is 10.4. The summed E-state index contributed by atoms with van der Waals surface area (Å²) >= 11 is 0. The van der Waals surface area contributed by atoms with Crippen molar-refractivity contribution in [2.75, 3.05) is 13.1 Å². The molecule has 2 aromatic rings. The SMILES string of the molecule is CCNC(=NCc1cc(C(C)C)no1)NCC(O)c1ccc(OC(F)(F)F)cc1.I. The highest BCUT2D eigenvalue weighted by Crippen LogP contribution is 2.24. The van der Waals surface area contributed by atoms with E-state index in [4.69, 9.17) is 4.52 Å². The van der Waals surface area contributed by atoms with Crippen molar-refractivity contribution in [2.24, 2.45) is 4.99 Å². The number of alkyl halides is 3. The molecule has 1 unspecified atom stereocenters. The number of halogens is 4. The van der Waals surface area contributed by atoms with Crippen LogP contribution in [-0.2, 0) is 6.54 Å². The van der Waals surface area contributed by atoms with Gasteiger partial charge in [-0.2, -0.15) is 0 Å². The summed E-state index contributed by atoms with van der Waals surface area (Å²) < 4.78 is 45.7. The van der Waals surface area contributed by atoms with Gasteiger partial charge in [0.2, 0.25) is 0 Å². The number of ether oxygens (including phenoxy) is 1. The fourth-order valence-electron chi connectivity index (χ4n) is 2.38. The number of nitrogens with one attached hydrogen (secondary N) is 2. The predicted molar refractivity (Wildman–Crippen MR) is 117 cm³/mol. The molecule has 1 aromatic heterocycles. The zero-order chi connectivity index (χ0) is 21.4. The van der Waals surface area contributed by atoms with Crippen LogP contribution in [0.15, 0.2) is 39.8 Å². The number of aromatic nitrogens is 1. The number of aliphatic hydroxyl groups is 1. The minimum absolute atomic E-state index is 0. The van der Waals surface area contributed by atoms with E-state index < -0.39 is 12.5 Å². The molecule has 168 valence electrons. The Balaban J connectivity index is 0.00000450. The van der Waals surface area contributed by atoms with Gasteiger partial charge < -0.3 is 25.0 Å². The lowest BCUT2D eigenvalue weighted by Crippen LogP contribution is -2.39. The Bertz CT molecular complexity index is 795. The van der Waals surface area contributed by atoms with E-state index in [2.05, 4.69) is 25.5 Å². The molecule has 0 bridgehead atoms. The number of nitrogens with zero attached hydrogens (tertiary/aromatic N) is 2. The summed E-state index contributed by atoms with van der Waals surface area (Å²) in [7, 11) is 0. The molecule has 30 heavy (non-hydrogen) atoms. The summed E-state index contributed by atoms with van der Waals surface area (Å²) in [6.07, 6.45) is -5.70. The third kappa shape index (κ3) is 8.78. The number of aliphatic hydroxyl groups excluding tert-OH is 1. The molecule has 0 fully saturated rings. The maximum Gasteiger partial charge on any atom is 0.573 e. The summed E-state index contributed by atoms with van der Waals surface area (Å²) in [5.41, 5.74) is 1.29. The highest BCUT2D eigenvalue weighted by Gasteiger charge is 2.31. The number of rotatable bonds is 8. The molecule has 0 saturated heterocycles. The standard InChI is InChI=1S/C19H25F3N4O3.HI/c1-4-23-18(24-10-15-9-16(12(2)3)26-29-15)25-11-17(27)13-5-7-14(8-6-13)28-19(20,21)22;/h5-9,12,17,27H,4,10-11H2,1-3H3,(H2,23,24,25);1H. The Morgan fingerprint density at radius 3 is 2.43 bits per heavy atom. The fourth-order valence-corrected chi connectivity index (χ4v) is 2.38. The van der Waals surface area contributed by atoms with Crippen LogP contribution in [0.4, 0.5) is 13.2 Å². The highest BCUT2D eigenvalue weighted by atomic mass is 127. The average molecular weight is 542 g/mol. The maximum atomic E-state index is 12.2. The molecule has 0 aliphatic heterocycles. The molecular formula is C19H26F3IN4O3. The molecule has 7 nitrogen and oxygen atoms in total. The van der Waals surface area contributed by atoms with Crippen LogP contribution >= 0.6 is 24.0 Å². The molecule has 0 aliphatic rings. The second-order valence-corrected chi connectivity index (χ2v) is 6.58. The van der Waals surface area contributed by atoms with Gasteiger partial charge in [-0.15, -0.1) is 37.1 Å². The molecule has 1 heterocycles. The molecule has 0 spiro atoms. The monoisotopic (exact) mass is 542 g/mol. The summed E-state index contributed by atoms with van der Waals surface area (Å²) in [5, 5.41) is 20.3. The van der Waals surface area contributed by atoms with Crippen LogP contribution in [0.1, 0.15) is 49.8 Å². The second-order valence-electron chi connectivity index (χ2n) is 6.58. The van der Waals surface area contributed by atoms with E-state index in [0.29, 0.717) is 23.8 Å². The smallest absolute Gasteiger partial charge is 0.406 e. The lowest BCUT2D eigenvalue weighted by atomic mass is 10.1. The summed E-state index contributed by atoms with van der Waals surface area (Å²) in [6, 6.07) is 6.90. The van der Waals surface area contributed by atoms with Gasteiger partial charge in [-0.05, 0) is 30.5 Å². The zero-order valence-corrected chi connectivity index (χ0v) is 19.2. The second kappa shape index (κ2) is 12.0. The molecule has 11 heteroatoms. The van der Waals surface area contributed by atoms with Gasteiger partial charge in [0.25, 0.3) is 0 Å². The maximum absolute atomic E-state index is 12.2. The number of benzene rings is 1. The van der Waals surface area contributed by atoms with Gasteiger partial charge in [-0.3, -0.25) is 0 Å². The molecule has 1 aromatic carbocycles. The largest absolute Gasteiger partial charge is 0.573 e. The van der Waals surface area contributed by atoms with Crippen molar-refractivity contribution >= 4 is 29.9 Å². The first-order chi connectivity index (χ1) is 13.7. The van der Waals surface area contributed by atoms with E-state index in [0.717, 1.165) is 17.8 Å². The quantitative estimate of drug-likeness (QED) is 0.265. The van der Waals surface area contributed by atoms with E-state index in [-0.39, 0.29) is 48.7 Å². The van der Waals surface area contributed by atoms with Gasteiger partial charge in [-0.25, -0.2) is 4.99 Å². The number of guanidine groups is 1. The highest BCUT2D eigenvalue weighted by molar-refractivity contribution is 14.0. The summed E-state index contributed by atoms with van der Waals surface area (Å²) in [5.74, 6) is 0.993. The topological polar surface area (TPSA) is 91.9 Å². The van der Waals surface area contributed by atoms with Crippen molar-refractivity contribution in [3.8, 4) is 5.75 Å². The number of aliphatic imine (C=N–C) groups is 1. The Labute approximate surface area is 190 Å². The first-order valence-electron chi connectivity index (χ1n) is 9.19. The van der Waals surface area contributed by atoms with Crippen molar-refractivity contribution in [1.29, 1.82) is 0 Å². The molecule has 0 radical (unpaired) electrons. The average Bonchev–Trinajstić information content (AvgIpc) is 3.12. The molecule has 1 atom stereocenters. The third-order valence-corrected chi connectivity index (χ3v) is 3.87. The van der Waals surface area contributed by atoms with Gasteiger partial charge in [0.1, 0.15) is 12.3 Å². The first-order valence-corrected chi connectivity index (χ1v) is 9.19. The predicted octanol–water partition coefficient (Wildman–Crippen LogP) is 4.10. The van der Waals surface area contributed by atoms with Crippen LogP contribution in [0.25, 0.3) is 0 Å². The molecule has 0 aliphatic carbocycles. The van der Waals surface area contributed by atoms with Crippen LogP contribution in [0.3, 0.4) is 0 Å². The normalized spacial score (nSPS) is 13.0. The van der Waals surface area contributed by atoms with Crippen molar-refractivity contribution in [1.82, 2.24) is 15.8 Å². The van der Waals surface area contributed by atoms with E-state index in [9.17, 15) is 18.3 Å². The van der Waals surface area contributed by atoms with Gasteiger partial charge in [-0.1, -0.05) is 31.1 Å². The van der Waals surface area contributed by atoms with E-state index >= 15 is 0 Å². The number of hydrogen-bond acceptors (Lipinski definition) is 5. The van der Waals surface area contributed by atoms with Crippen molar-refractivity contribution < 1.29 is 27.5 Å². The number of hydrogen-bond donors (Lipinski definition) is 3. The van der Waals surface area contributed by atoms with E-state index in [1.807, 2.05) is 26.8 Å². The summed E-state index contributed by atoms with van der Waals surface area (Å²) in [6.45, 7) is 6.92.